The Balaban J connectivity index is 0.888. The molecule has 16 nitrogen and oxygen atoms in total. The van der Waals surface area contributed by atoms with Gasteiger partial charge < -0.3 is 20.4 Å². The number of hydrogen-bond acceptors (Lipinski definition) is 11. The summed E-state index contributed by atoms with van der Waals surface area (Å²) in [6, 6.07) is 14.0. The summed E-state index contributed by atoms with van der Waals surface area (Å²) in [5, 5.41) is 13.4. The van der Waals surface area contributed by atoms with E-state index in [0.29, 0.717) is 70.3 Å². The Labute approximate surface area is 352 Å². The summed E-state index contributed by atoms with van der Waals surface area (Å²) in [7, 11) is 3.35. The van der Waals surface area contributed by atoms with E-state index < -0.39 is 35.8 Å². The minimum absolute atomic E-state index is 0.0509. The third kappa shape index (κ3) is 6.89. The number of benzene rings is 2. The fourth-order valence-corrected chi connectivity index (χ4v) is 9.11. The summed E-state index contributed by atoms with van der Waals surface area (Å²) < 4.78 is 49.0. The number of rotatable bonds is 9. The lowest BCUT2D eigenvalue weighted by atomic mass is 10.00. The Morgan fingerprint density at radius 3 is 2.56 bits per heavy atom. The number of amides is 3. The highest BCUT2D eigenvalue weighted by molar-refractivity contribution is 6.00. The largest absolute Gasteiger partial charge is 0.405 e. The third-order valence-corrected chi connectivity index (χ3v) is 12.5. The molecule has 1 aliphatic carbocycles. The summed E-state index contributed by atoms with van der Waals surface area (Å²) in [6.07, 6.45) is 1.49. The Bertz CT molecular complexity index is 2860. The topological polar surface area (TPSA) is 167 Å². The lowest BCUT2D eigenvalue weighted by Gasteiger charge is -2.43. The number of carbonyl (C=O) groups is 3. The molecule has 62 heavy (non-hydrogen) atoms. The van der Waals surface area contributed by atoms with Gasteiger partial charge in [-0.2, -0.15) is 13.2 Å². The SMILES string of the molecule is CNc1cc(N2CCc3c(-c4cc(CN5CCN(c6ccc7c(c6)n(C)c(=O)n7C6CCC(=O)NC6=O)C[C@H]5C(F)(F)F)ccn4)cccc32)nn2c(C(=O)NC3CC3)cnc12. The lowest BCUT2D eigenvalue weighted by molar-refractivity contribution is -0.186. The molecule has 3 N–H and O–H groups in total. The first-order valence-electron chi connectivity index (χ1n) is 20.7. The van der Waals surface area contributed by atoms with E-state index in [4.69, 9.17) is 5.10 Å². The molecule has 4 aliphatic rings. The van der Waals surface area contributed by atoms with Gasteiger partial charge in [-0.15, -0.1) is 5.10 Å². The fraction of sp³-hybridized carbons (Fsp3) is 0.372. The summed E-state index contributed by atoms with van der Waals surface area (Å²) in [6.45, 7) is 0.769. The summed E-state index contributed by atoms with van der Waals surface area (Å²) >= 11 is 0. The number of piperidine rings is 1. The number of fused-ring (bicyclic) bond motifs is 3. The van der Waals surface area contributed by atoms with Gasteiger partial charge in [0.25, 0.3) is 5.91 Å². The lowest BCUT2D eigenvalue weighted by Crippen LogP contribution is -2.58. The van der Waals surface area contributed by atoms with E-state index in [1.165, 1.54) is 20.2 Å². The first-order valence-corrected chi connectivity index (χ1v) is 20.7. The van der Waals surface area contributed by atoms with Gasteiger partial charge in [0.2, 0.25) is 11.8 Å². The fourth-order valence-electron chi connectivity index (χ4n) is 9.11. The van der Waals surface area contributed by atoms with Gasteiger partial charge in [0.1, 0.15) is 12.1 Å². The molecule has 19 heteroatoms. The normalized spacial score (nSPS) is 19.6. The van der Waals surface area contributed by atoms with Gasteiger partial charge in [-0.05, 0) is 73.2 Å². The maximum absolute atomic E-state index is 14.9. The molecule has 6 aromatic rings. The van der Waals surface area contributed by atoms with E-state index >= 15 is 0 Å². The van der Waals surface area contributed by atoms with Crippen molar-refractivity contribution < 1.29 is 27.6 Å². The van der Waals surface area contributed by atoms with Gasteiger partial charge in [-0.25, -0.2) is 14.3 Å². The Morgan fingerprint density at radius 2 is 1.79 bits per heavy atom. The number of alkyl halides is 3. The standard InChI is InChI=1S/C43H43F3N12O4/c1-47-30-20-37(52-58-35(21-49-39(30)58)41(61)50-25-6-7-25)56-15-13-28-27(4-3-5-31(28)56)29-18-24(12-14-48-29)22-55-17-16-54(23-36(55)43(44,45)46)26-8-9-32-34(19-26)53(2)42(62)57(32)33-10-11-38(59)51-40(33)60/h3-5,8-9,12,14,18-21,25,33,36,47H,6-7,10-11,13,15-17,22-23H2,1-2H3,(H,50,61)(H,51,59,60)/t33?,36-/m0/s1. The molecule has 0 bridgehead atoms. The molecule has 3 amide bonds. The van der Waals surface area contributed by atoms with Crippen molar-refractivity contribution in [1.29, 1.82) is 0 Å². The molecular formula is C43H43F3N12O4. The second kappa shape index (κ2) is 15.0. The van der Waals surface area contributed by atoms with Crippen molar-refractivity contribution in [3.8, 4) is 11.3 Å². The molecule has 3 fully saturated rings. The number of imide groups is 1. The van der Waals surface area contributed by atoms with Crippen LogP contribution in [0, 0.1) is 0 Å². The first kappa shape index (κ1) is 39.4. The predicted molar refractivity (Wildman–Crippen MR) is 224 cm³/mol. The zero-order chi connectivity index (χ0) is 43.0. The zero-order valence-corrected chi connectivity index (χ0v) is 33.9. The summed E-state index contributed by atoms with van der Waals surface area (Å²) in [4.78, 5) is 65.2. The van der Waals surface area contributed by atoms with Crippen LogP contribution in [0.5, 0.6) is 0 Å². The van der Waals surface area contributed by atoms with E-state index in [9.17, 15) is 32.3 Å². The van der Waals surface area contributed by atoms with Gasteiger partial charge in [-0.3, -0.25) is 38.7 Å². The second-order valence-electron chi connectivity index (χ2n) is 16.4. The number of aryl methyl sites for hydroxylation is 1. The van der Waals surface area contributed by atoms with Crippen molar-refractivity contribution in [2.45, 2.75) is 63.0 Å². The number of hydrogen-bond donors (Lipinski definition) is 3. The van der Waals surface area contributed by atoms with Gasteiger partial charge in [0.05, 0.1) is 28.6 Å². The van der Waals surface area contributed by atoms with Crippen molar-refractivity contribution in [3.63, 3.8) is 0 Å². The molecule has 3 aliphatic heterocycles. The summed E-state index contributed by atoms with van der Waals surface area (Å²) in [5.41, 5.74) is 6.80. The minimum Gasteiger partial charge on any atom is -0.385 e. The minimum atomic E-state index is -4.53. The molecule has 1 saturated carbocycles. The zero-order valence-electron chi connectivity index (χ0n) is 33.9. The highest BCUT2D eigenvalue weighted by atomic mass is 19.4. The molecule has 7 heterocycles. The summed E-state index contributed by atoms with van der Waals surface area (Å²) in [5.74, 6) is -0.551. The monoisotopic (exact) mass is 848 g/mol. The van der Waals surface area contributed by atoms with Gasteiger partial charge >= 0.3 is 11.9 Å². The van der Waals surface area contributed by atoms with E-state index in [2.05, 4.69) is 30.8 Å². The van der Waals surface area contributed by atoms with Crippen molar-refractivity contribution in [2.24, 2.45) is 7.05 Å². The number of aromatic nitrogens is 6. The van der Waals surface area contributed by atoms with Crippen molar-refractivity contribution in [1.82, 2.24) is 44.2 Å². The maximum atomic E-state index is 14.9. The highest BCUT2D eigenvalue weighted by Crippen LogP contribution is 2.40. The molecule has 4 aromatic heterocycles. The number of pyridine rings is 1. The van der Waals surface area contributed by atoms with E-state index in [1.54, 1.807) is 54.0 Å². The number of nitrogens with zero attached hydrogens (tertiary/aromatic N) is 9. The van der Waals surface area contributed by atoms with Crippen molar-refractivity contribution in [2.75, 3.05) is 48.3 Å². The number of anilines is 4. The Kier molecular flexibility index (Phi) is 9.53. The third-order valence-electron chi connectivity index (χ3n) is 12.5. The van der Waals surface area contributed by atoms with Crippen molar-refractivity contribution >= 4 is 57.3 Å². The number of carbonyl (C=O) groups excluding carboxylic acids is 3. The number of imidazole rings is 2. The molecule has 2 saturated heterocycles. The Morgan fingerprint density at radius 1 is 0.952 bits per heavy atom. The number of nitrogens with one attached hydrogen (secondary N) is 3. The van der Waals surface area contributed by atoms with E-state index in [-0.39, 0.29) is 44.4 Å². The van der Waals surface area contributed by atoms with Crippen LogP contribution in [0.3, 0.4) is 0 Å². The van der Waals surface area contributed by atoms with Crippen LogP contribution < -0.4 is 31.4 Å². The van der Waals surface area contributed by atoms with Crippen LogP contribution >= 0.6 is 0 Å². The molecule has 2 atom stereocenters. The molecule has 0 spiro atoms. The van der Waals surface area contributed by atoms with Gasteiger partial charge in [0, 0.05) is 88.5 Å². The smallest absolute Gasteiger partial charge is 0.385 e. The van der Waals surface area contributed by atoms with Crippen LogP contribution in [0.25, 0.3) is 27.9 Å². The van der Waals surface area contributed by atoms with Crippen LogP contribution in [0.15, 0.2) is 71.8 Å². The molecule has 2 aromatic carbocycles. The average molecular weight is 849 g/mol. The molecule has 1 unspecified atom stereocenters. The van der Waals surface area contributed by atoms with Crippen molar-refractivity contribution in [3.05, 3.63) is 94.3 Å². The van der Waals surface area contributed by atoms with Crippen LogP contribution in [-0.4, -0.2) is 103 Å². The van der Waals surface area contributed by atoms with E-state index in [0.717, 1.165) is 29.7 Å². The van der Waals surface area contributed by atoms with Gasteiger partial charge in [-0.1, -0.05) is 12.1 Å². The maximum Gasteiger partial charge on any atom is 0.405 e. The second-order valence-corrected chi connectivity index (χ2v) is 16.4. The van der Waals surface area contributed by atoms with Gasteiger partial charge in [0.15, 0.2) is 17.2 Å². The number of piperazine rings is 1. The van der Waals surface area contributed by atoms with Crippen LogP contribution in [-0.2, 0) is 29.6 Å². The molecule has 10 rings (SSSR count). The molecule has 320 valence electrons. The quantitative estimate of drug-likeness (QED) is 0.178. The van der Waals surface area contributed by atoms with Crippen LogP contribution in [0.1, 0.15) is 53.3 Å². The highest BCUT2D eigenvalue weighted by Gasteiger charge is 2.46. The average Bonchev–Trinajstić information content (AvgIpc) is 3.69. The molecular weight excluding hydrogens is 806 g/mol. The molecule has 0 radical (unpaired) electrons. The van der Waals surface area contributed by atoms with Crippen LogP contribution in [0.4, 0.5) is 36.1 Å². The predicted octanol–water partition coefficient (Wildman–Crippen LogP) is 4.30. The first-order chi connectivity index (χ1) is 29.9. The number of halogens is 3. The Hall–Kier alpha value is -6.76. The van der Waals surface area contributed by atoms with E-state index in [1.807, 2.05) is 30.3 Å². The van der Waals surface area contributed by atoms with Crippen LogP contribution in [0.2, 0.25) is 0 Å².